The van der Waals surface area contributed by atoms with Crippen molar-refractivity contribution in [2.24, 2.45) is 5.92 Å². The molecule has 1 aliphatic rings. The van der Waals surface area contributed by atoms with Gasteiger partial charge in [0, 0.05) is 30.1 Å². The van der Waals surface area contributed by atoms with Gasteiger partial charge in [0.2, 0.25) is 15.9 Å². The molecular weight excluding hydrogens is 646 g/mol. The van der Waals surface area contributed by atoms with Gasteiger partial charge in [0.25, 0.3) is 0 Å². The number of carbonyl (C=O) groups excluding carboxylic acids is 2. The number of sulfonamides is 1. The summed E-state index contributed by atoms with van der Waals surface area (Å²) in [6, 6.07) is 18.9. The minimum absolute atomic E-state index is 0.120. The molecule has 1 heterocycles. The van der Waals surface area contributed by atoms with E-state index in [0.717, 1.165) is 4.90 Å². The predicted molar refractivity (Wildman–Crippen MR) is 178 cm³/mol. The zero-order valence-electron chi connectivity index (χ0n) is 26.8. The van der Waals surface area contributed by atoms with Crippen LogP contribution in [0.5, 0.6) is 11.5 Å². The minimum atomic E-state index is -3.71. The van der Waals surface area contributed by atoms with E-state index in [0.29, 0.717) is 34.2 Å². The lowest BCUT2D eigenvalue weighted by molar-refractivity contribution is -0.138. The van der Waals surface area contributed by atoms with E-state index in [1.807, 2.05) is 0 Å². The number of ether oxygens (including phenoxy) is 2. The van der Waals surface area contributed by atoms with Crippen molar-refractivity contribution in [1.29, 1.82) is 0 Å². The normalized spacial score (nSPS) is 15.0. The number of aliphatic carboxylic acids is 1. The maximum atomic E-state index is 13.9. The summed E-state index contributed by atoms with van der Waals surface area (Å²) in [7, 11) is -3.71. The van der Waals surface area contributed by atoms with Crippen molar-refractivity contribution in [3.05, 3.63) is 83.4 Å². The van der Waals surface area contributed by atoms with E-state index in [1.165, 1.54) is 16.4 Å². The van der Waals surface area contributed by atoms with Crippen molar-refractivity contribution < 1.29 is 37.4 Å². The monoisotopic (exact) mass is 685 g/mol. The first-order chi connectivity index (χ1) is 22.2. The SMILES string of the molecule is CCC(Nc1ccc(Cl)cc1Oc1cccc(CN(C(=O)OC(C)(C)C)C(=O)C2CCN(S(=O)(=O)c3ccccc3)CC2)c1)C(=O)O. The van der Waals surface area contributed by atoms with Gasteiger partial charge in [-0.05, 0) is 82.0 Å². The van der Waals surface area contributed by atoms with Crippen LogP contribution in [0.2, 0.25) is 5.02 Å². The third kappa shape index (κ3) is 9.46. The first-order valence-corrected chi connectivity index (χ1v) is 17.1. The molecule has 0 radical (unpaired) electrons. The summed E-state index contributed by atoms with van der Waals surface area (Å²) in [5, 5.41) is 12.9. The van der Waals surface area contributed by atoms with Crippen molar-refractivity contribution >= 4 is 45.3 Å². The molecule has 13 heteroatoms. The summed E-state index contributed by atoms with van der Waals surface area (Å²) >= 11 is 6.22. The number of anilines is 1. The Morgan fingerprint density at radius 1 is 1.02 bits per heavy atom. The van der Waals surface area contributed by atoms with Crippen molar-refractivity contribution in [3.63, 3.8) is 0 Å². The Morgan fingerprint density at radius 3 is 2.32 bits per heavy atom. The zero-order chi connectivity index (χ0) is 34.4. The highest BCUT2D eigenvalue weighted by Gasteiger charge is 2.37. The quantitative estimate of drug-likeness (QED) is 0.223. The van der Waals surface area contributed by atoms with Crippen LogP contribution in [0.4, 0.5) is 10.5 Å². The molecular formula is C34H40ClN3O8S. The van der Waals surface area contributed by atoms with Crippen molar-refractivity contribution in [1.82, 2.24) is 9.21 Å². The average Bonchev–Trinajstić information content (AvgIpc) is 3.02. The van der Waals surface area contributed by atoms with Crippen LogP contribution >= 0.6 is 11.6 Å². The zero-order valence-corrected chi connectivity index (χ0v) is 28.4. The number of carboxylic acids is 1. The number of amides is 2. The predicted octanol–water partition coefficient (Wildman–Crippen LogP) is 6.77. The maximum absolute atomic E-state index is 13.9. The number of rotatable bonds is 11. The maximum Gasteiger partial charge on any atom is 0.417 e. The number of carboxylic acid groups (broad SMARTS) is 1. The fourth-order valence-corrected chi connectivity index (χ4v) is 6.75. The number of imide groups is 1. The van der Waals surface area contributed by atoms with Gasteiger partial charge in [-0.2, -0.15) is 4.31 Å². The number of halogens is 1. The van der Waals surface area contributed by atoms with Crippen LogP contribution < -0.4 is 10.1 Å². The second-order valence-electron chi connectivity index (χ2n) is 12.2. The lowest BCUT2D eigenvalue weighted by Gasteiger charge is -2.33. The number of nitrogens with zero attached hydrogens (tertiary/aromatic N) is 2. The lowest BCUT2D eigenvalue weighted by atomic mass is 9.96. The first kappa shape index (κ1) is 35.7. The molecule has 0 aromatic heterocycles. The van der Waals surface area contributed by atoms with Gasteiger partial charge >= 0.3 is 12.1 Å². The number of hydrogen-bond acceptors (Lipinski definition) is 8. The number of hydrogen-bond donors (Lipinski definition) is 2. The van der Waals surface area contributed by atoms with Crippen molar-refractivity contribution in [2.45, 2.75) is 70.0 Å². The minimum Gasteiger partial charge on any atom is -0.480 e. The molecule has 4 rings (SSSR count). The van der Waals surface area contributed by atoms with Crippen LogP contribution in [0.3, 0.4) is 0 Å². The Labute approximate surface area is 280 Å². The molecule has 1 aliphatic heterocycles. The van der Waals surface area contributed by atoms with Gasteiger partial charge < -0.3 is 19.9 Å². The van der Waals surface area contributed by atoms with Gasteiger partial charge in [0.05, 0.1) is 17.1 Å². The summed E-state index contributed by atoms with van der Waals surface area (Å²) in [5.74, 6) is -1.39. The Kier molecular flexibility index (Phi) is 11.5. The Hall–Kier alpha value is -4.13. The van der Waals surface area contributed by atoms with E-state index in [-0.39, 0.29) is 37.4 Å². The second kappa shape index (κ2) is 15.2. The number of piperidine rings is 1. The summed E-state index contributed by atoms with van der Waals surface area (Å²) in [5.41, 5.74) is 0.134. The van der Waals surface area contributed by atoms with Crippen LogP contribution in [-0.4, -0.2) is 65.4 Å². The number of carbonyl (C=O) groups is 3. The van der Waals surface area contributed by atoms with Crippen molar-refractivity contribution in [3.8, 4) is 11.5 Å². The summed E-state index contributed by atoms with van der Waals surface area (Å²) in [4.78, 5) is 40.1. The fraction of sp³-hybridized carbons (Fsp3) is 0.382. The molecule has 1 fully saturated rings. The summed E-state index contributed by atoms with van der Waals surface area (Å²) in [6.07, 6.45) is 0.0113. The van der Waals surface area contributed by atoms with Crippen molar-refractivity contribution in [2.75, 3.05) is 18.4 Å². The highest BCUT2D eigenvalue weighted by Crippen LogP contribution is 2.34. The standard InChI is InChI=1S/C34H40ClN3O8S/c1-5-28(32(40)41)36-29-15-14-25(35)21-30(29)45-26-11-9-10-23(20-26)22-38(33(42)46-34(2,3)4)31(39)24-16-18-37(19-17-24)47(43,44)27-12-7-6-8-13-27/h6-15,20-21,24,28,36H,5,16-19,22H2,1-4H3,(H,40,41). The highest BCUT2D eigenvalue weighted by molar-refractivity contribution is 7.89. The van der Waals surface area contributed by atoms with E-state index in [2.05, 4.69) is 5.32 Å². The Bertz CT molecular complexity index is 1690. The van der Waals surface area contributed by atoms with Crippen LogP contribution in [0.1, 0.15) is 52.5 Å². The molecule has 1 atom stereocenters. The molecule has 3 aromatic carbocycles. The first-order valence-electron chi connectivity index (χ1n) is 15.3. The van der Waals surface area contributed by atoms with Crippen LogP contribution in [0, 0.1) is 5.92 Å². The molecule has 11 nitrogen and oxygen atoms in total. The molecule has 0 aliphatic carbocycles. The average molecular weight is 686 g/mol. The van der Waals surface area contributed by atoms with E-state index >= 15 is 0 Å². The van der Waals surface area contributed by atoms with Crippen LogP contribution in [-0.2, 0) is 30.9 Å². The van der Waals surface area contributed by atoms with Crippen LogP contribution in [0.15, 0.2) is 77.7 Å². The largest absolute Gasteiger partial charge is 0.480 e. The van der Waals surface area contributed by atoms with E-state index in [4.69, 9.17) is 21.1 Å². The molecule has 0 bridgehead atoms. The van der Waals surface area contributed by atoms with Gasteiger partial charge in [-0.3, -0.25) is 4.79 Å². The van der Waals surface area contributed by atoms with E-state index in [1.54, 1.807) is 88.4 Å². The second-order valence-corrected chi connectivity index (χ2v) is 14.6. The van der Waals surface area contributed by atoms with Gasteiger partial charge in [0.15, 0.2) is 5.75 Å². The Balaban J connectivity index is 1.53. The molecule has 252 valence electrons. The molecule has 0 saturated carbocycles. The van der Waals surface area contributed by atoms with Gasteiger partial charge in [-0.15, -0.1) is 0 Å². The van der Waals surface area contributed by atoms with Gasteiger partial charge in [-0.25, -0.2) is 22.9 Å². The highest BCUT2D eigenvalue weighted by atomic mass is 35.5. The third-order valence-corrected chi connectivity index (χ3v) is 9.66. The van der Waals surface area contributed by atoms with E-state index in [9.17, 15) is 27.9 Å². The summed E-state index contributed by atoms with van der Waals surface area (Å²) < 4.78 is 39.3. The molecule has 1 saturated heterocycles. The van der Waals surface area contributed by atoms with E-state index < -0.39 is 45.6 Å². The number of nitrogens with one attached hydrogen (secondary N) is 1. The third-order valence-electron chi connectivity index (χ3n) is 7.51. The Morgan fingerprint density at radius 2 is 1.70 bits per heavy atom. The lowest BCUT2D eigenvalue weighted by Crippen LogP contribution is -2.47. The molecule has 0 spiro atoms. The fourth-order valence-electron chi connectivity index (χ4n) is 5.10. The molecule has 3 aromatic rings. The molecule has 2 N–H and O–H groups in total. The smallest absolute Gasteiger partial charge is 0.417 e. The molecule has 2 amide bonds. The number of benzene rings is 3. The van der Waals surface area contributed by atoms with Gasteiger partial charge in [-0.1, -0.05) is 48.9 Å². The van der Waals surface area contributed by atoms with Gasteiger partial charge in [0.1, 0.15) is 17.4 Å². The van der Waals surface area contributed by atoms with Crippen LogP contribution in [0.25, 0.3) is 0 Å². The topological polar surface area (TPSA) is 143 Å². The molecule has 47 heavy (non-hydrogen) atoms. The molecule has 1 unspecified atom stereocenters. The summed E-state index contributed by atoms with van der Waals surface area (Å²) in [6.45, 7) is 7.02.